The number of amides is 1. The second kappa shape index (κ2) is 9.73. The predicted molar refractivity (Wildman–Crippen MR) is 115 cm³/mol. The number of benzene rings is 1. The molecule has 1 amide bonds. The molecule has 1 N–H and O–H groups in total. The number of aromatic nitrogens is 1. The average Bonchev–Trinajstić information content (AvgIpc) is 2.74. The quantitative estimate of drug-likeness (QED) is 0.678. The summed E-state index contributed by atoms with van der Waals surface area (Å²) in [5, 5.41) is 3.22. The van der Waals surface area contributed by atoms with E-state index in [1.807, 2.05) is 38.1 Å². The molecule has 0 radical (unpaired) electrons. The number of thioether (sulfide) groups is 1. The van der Waals surface area contributed by atoms with Crippen LogP contribution >= 0.6 is 11.8 Å². The van der Waals surface area contributed by atoms with Crippen molar-refractivity contribution in [2.75, 3.05) is 13.1 Å². The number of hydrogen-bond donors (Lipinski definition) is 1. The fraction of sp³-hybridized carbons (Fsp3) is 0.429. The van der Waals surface area contributed by atoms with Crippen molar-refractivity contribution in [1.82, 2.24) is 14.6 Å². The smallest absolute Gasteiger partial charge is 0.244 e. The van der Waals surface area contributed by atoms with Gasteiger partial charge >= 0.3 is 0 Å². The monoisotopic (exact) mass is 433 g/mol. The van der Waals surface area contributed by atoms with Gasteiger partial charge in [0.1, 0.15) is 4.90 Å². The molecule has 1 fully saturated rings. The Morgan fingerprint density at radius 1 is 1.14 bits per heavy atom. The van der Waals surface area contributed by atoms with Crippen molar-refractivity contribution in [2.24, 2.45) is 0 Å². The number of aryl methyl sites for hydroxylation is 1. The van der Waals surface area contributed by atoms with Crippen molar-refractivity contribution in [1.29, 1.82) is 0 Å². The lowest BCUT2D eigenvalue weighted by Gasteiger charge is -2.25. The van der Waals surface area contributed by atoms with Crippen LogP contribution in [0.25, 0.3) is 0 Å². The molecule has 3 rings (SSSR count). The van der Waals surface area contributed by atoms with Crippen LogP contribution in [0.3, 0.4) is 0 Å². The Balaban J connectivity index is 1.55. The van der Waals surface area contributed by atoms with Gasteiger partial charge in [-0.15, -0.1) is 0 Å². The zero-order valence-electron chi connectivity index (χ0n) is 16.8. The van der Waals surface area contributed by atoms with E-state index in [2.05, 4.69) is 10.3 Å². The number of piperidine rings is 1. The van der Waals surface area contributed by atoms with Crippen molar-refractivity contribution in [3.8, 4) is 0 Å². The van der Waals surface area contributed by atoms with Crippen LogP contribution in [0, 0.1) is 6.92 Å². The normalized spacial score (nSPS) is 16.3. The van der Waals surface area contributed by atoms with Crippen LogP contribution in [0.2, 0.25) is 0 Å². The highest BCUT2D eigenvalue weighted by Gasteiger charge is 2.26. The second-order valence-electron chi connectivity index (χ2n) is 7.26. The zero-order valence-corrected chi connectivity index (χ0v) is 18.4. The molecule has 156 valence electrons. The maximum absolute atomic E-state index is 12.7. The lowest BCUT2D eigenvalue weighted by atomic mass is 10.1. The summed E-state index contributed by atoms with van der Waals surface area (Å²) in [7, 11) is -3.48. The first-order valence-electron chi connectivity index (χ1n) is 9.82. The van der Waals surface area contributed by atoms with Gasteiger partial charge in [0.05, 0.1) is 10.3 Å². The molecule has 1 unspecified atom stereocenters. The van der Waals surface area contributed by atoms with Gasteiger partial charge in [0.2, 0.25) is 15.9 Å². The van der Waals surface area contributed by atoms with Gasteiger partial charge in [-0.3, -0.25) is 4.79 Å². The van der Waals surface area contributed by atoms with Crippen LogP contribution in [0.15, 0.2) is 52.5 Å². The summed E-state index contributed by atoms with van der Waals surface area (Å²) in [5.41, 5.74) is 2.23. The molecule has 2 heterocycles. The van der Waals surface area contributed by atoms with Crippen molar-refractivity contribution < 1.29 is 13.2 Å². The lowest BCUT2D eigenvalue weighted by Crippen LogP contribution is -2.35. The lowest BCUT2D eigenvalue weighted by molar-refractivity contribution is -0.120. The van der Waals surface area contributed by atoms with Crippen molar-refractivity contribution in [3.05, 3.63) is 53.7 Å². The van der Waals surface area contributed by atoms with Gasteiger partial charge in [0.25, 0.3) is 0 Å². The van der Waals surface area contributed by atoms with E-state index < -0.39 is 10.0 Å². The molecule has 1 aromatic heterocycles. The predicted octanol–water partition coefficient (Wildman–Crippen LogP) is 3.36. The minimum atomic E-state index is -3.48. The summed E-state index contributed by atoms with van der Waals surface area (Å²) in [6.45, 7) is 5.45. The number of hydrogen-bond acceptors (Lipinski definition) is 5. The molecule has 1 aliphatic heterocycles. The largest absolute Gasteiger partial charge is 0.351 e. The summed E-state index contributed by atoms with van der Waals surface area (Å²) in [5.74, 6) is -0.0811. The van der Waals surface area contributed by atoms with E-state index >= 15 is 0 Å². The number of pyridine rings is 1. The minimum Gasteiger partial charge on any atom is -0.351 e. The highest BCUT2D eigenvalue weighted by molar-refractivity contribution is 8.00. The van der Waals surface area contributed by atoms with Crippen LogP contribution in [-0.4, -0.2) is 42.0 Å². The van der Waals surface area contributed by atoms with E-state index in [-0.39, 0.29) is 16.1 Å². The Hall–Kier alpha value is -1.90. The number of rotatable bonds is 7. The van der Waals surface area contributed by atoms with Gasteiger partial charge in [-0.2, -0.15) is 4.31 Å². The van der Waals surface area contributed by atoms with E-state index in [0.29, 0.717) is 24.7 Å². The fourth-order valence-electron chi connectivity index (χ4n) is 3.12. The number of nitrogens with one attached hydrogen (secondary N) is 1. The van der Waals surface area contributed by atoms with Gasteiger partial charge in [0, 0.05) is 25.8 Å². The molecule has 6 nitrogen and oxygen atoms in total. The zero-order chi connectivity index (χ0) is 20.9. The first-order valence-corrected chi connectivity index (χ1v) is 12.1. The highest BCUT2D eigenvalue weighted by atomic mass is 32.2. The highest BCUT2D eigenvalue weighted by Crippen LogP contribution is 2.24. The first-order chi connectivity index (χ1) is 13.9. The molecule has 1 aromatic carbocycles. The maximum atomic E-state index is 12.7. The van der Waals surface area contributed by atoms with Gasteiger partial charge in [0.15, 0.2) is 0 Å². The van der Waals surface area contributed by atoms with Crippen LogP contribution < -0.4 is 5.32 Å². The molecular weight excluding hydrogens is 406 g/mol. The van der Waals surface area contributed by atoms with Gasteiger partial charge in [-0.05, 0) is 44.4 Å². The van der Waals surface area contributed by atoms with Crippen molar-refractivity contribution >= 4 is 27.7 Å². The molecule has 1 aliphatic rings. The van der Waals surface area contributed by atoms with E-state index in [4.69, 9.17) is 0 Å². The molecule has 1 saturated heterocycles. The number of nitrogens with zero attached hydrogens (tertiary/aromatic N) is 2. The van der Waals surface area contributed by atoms with E-state index in [1.165, 1.54) is 27.8 Å². The average molecular weight is 434 g/mol. The molecule has 8 heteroatoms. The maximum Gasteiger partial charge on any atom is 0.244 e. The summed E-state index contributed by atoms with van der Waals surface area (Å²) in [4.78, 5) is 16.8. The summed E-state index contributed by atoms with van der Waals surface area (Å²) in [6.07, 6.45) is 4.26. The number of carbonyl (C=O) groups excluding carboxylic acids is 1. The van der Waals surface area contributed by atoms with Crippen LogP contribution in [0.5, 0.6) is 0 Å². The third-order valence-corrected chi connectivity index (χ3v) is 7.85. The molecule has 1 atom stereocenters. The van der Waals surface area contributed by atoms with E-state index in [0.717, 1.165) is 24.8 Å². The third kappa shape index (κ3) is 5.81. The second-order valence-corrected chi connectivity index (χ2v) is 10.6. The molecule has 29 heavy (non-hydrogen) atoms. The molecule has 0 saturated carbocycles. The first kappa shape index (κ1) is 21.8. The summed E-state index contributed by atoms with van der Waals surface area (Å²) >= 11 is 1.31. The molecule has 0 spiro atoms. The standard InChI is InChI=1S/C21H27N3O3S2/c1-16-6-8-18(9-7-16)14-23-21(25)17(2)28-20-11-10-19(15-22-20)29(26,27)24-12-4-3-5-13-24/h6-11,15,17H,3-5,12-14H2,1-2H3,(H,23,25). The van der Waals surface area contributed by atoms with Crippen LogP contribution in [-0.2, 0) is 21.4 Å². The van der Waals surface area contributed by atoms with E-state index in [1.54, 1.807) is 12.1 Å². The third-order valence-electron chi connectivity index (χ3n) is 4.92. The minimum absolute atomic E-state index is 0.0811. The summed E-state index contributed by atoms with van der Waals surface area (Å²) in [6, 6.07) is 11.3. The van der Waals surface area contributed by atoms with E-state index in [9.17, 15) is 13.2 Å². The molecule has 0 bridgehead atoms. The topological polar surface area (TPSA) is 79.4 Å². The Morgan fingerprint density at radius 2 is 1.83 bits per heavy atom. The van der Waals surface area contributed by atoms with Gasteiger partial charge in [-0.1, -0.05) is 48.0 Å². The van der Waals surface area contributed by atoms with Crippen LogP contribution in [0.1, 0.15) is 37.3 Å². The Morgan fingerprint density at radius 3 is 2.45 bits per heavy atom. The Labute approximate surface area is 177 Å². The Bertz CT molecular complexity index is 923. The number of sulfonamides is 1. The summed E-state index contributed by atoms with van der Waals surface area (Å²) < 4.78 is 26.9. The van der Waals surface area contributed by atoms with Crippen LogP contribution in [0.4, 0.5) is 0 Å². The number of carbonyl (C=O) groups is 1. The Kier molecular flexibility index (Phi) is 7.32. The van der Waals surface area contributed by atoms with Gasteiger partial charge < -0.3 is 5.32 Å². The fourth-order valence-corrected chi connectivity index (χ4v) is 5.39. The SMILES string of the molecule is Cc1ccc(CNC(=O)C(C)Sc2ccc(S(=O)(=O)N3CCCCC3)cn2)cc1. The van der Waals surface area contributed by atoms with Crippen molar-refractivity contribution in [2.45, 2.75) is 54.8 Å². The molecular formula is C21H27N3O3S2. The van der Waals surface area contributed by atoms with Crippen molar-refractivity contribution in [3.63, 3.8) is 0 Å². The van der Waals surface area contributed by atoms with Gasteiger partial charge in [-0.25, -0.2) is 13.4 Å². The molecule has 2 aromatic rings. The molecule has 0 aliphatic carbocycles.